The normalized spacial score (nSPS) is 12.7. The van der Waals surface area contributed by atoms with Gasteiger partial charge in [-0.3, -0.25) is 9.59 Å². The Hall–Kier alpha value is -2.89. The summed E-state index contributed by atoms with van der Waals surface area (Å²) in [5.41, 5.74) is 8.09. The Morgan fingerprint density at radius 2 is 2.04 bits per heavy atom. The zero-order valence-electron chi connectivity index (χ0n) is 12.6. The summed E-state index contributed by atoms with van der Waals surface area (Å²) in [6.07, 6.45) is 0. The zero-order valence-corrected chi connectivity index (χ0v) is 12.6. The first kappa shape index (κ1) is 15.0. The number of hydrogen-bond donors (Lipinski definition) is 3. The van der Waals surface area contributed by atoms with Crippen molar-refractivity contribution in [1.29, 1.82) is 0 Å². The van der Waals surface area contributed by atoms with Crippen molar-refractivity contribution in [2.24, 2.45) is 0 Å². The standard InChI is InChI=1S/C17H16FN3O2/c1-2-20-16(22)12-6-5-10(13-8-21-17(23)15(12)13)11-4-3-9(19)7-14(11)18/h3-7H,2,8,19H2,1H3,(H,20,22)(H,21,23). The summed E-state index contributed by atoms with van der Waals surface area (Å²) in [4.78, 5) is 24.2. The van der Waals surface area contributed by atoms with E-state index in [1.807, 2.05) is 0 Å². The smallest absolute Gasteiger partial charge is 0.252 e. The van der Waals surface area contributed by atoms with E-state index < -0.39 is 5.82 Å². The molecule has 0 fully saturated rings. The summed E-state index contributed by atoms with van der Waals surface area (Å²) in [7, 11) is 0. The van der Waals surface area contributed by atoms with Gasteiger partial charge in [-0.05, 0) is 42.3 Å². The van der Waals surface area contributed by atoms with Crippen molar-refractivity contribution in [3.63, 3.8) is 0 Å². The summed E-state index contributed by atoms with van der Waals surface area (Å²) in [6.45, 7) is 2.53. The lowest BCUT2D eigenvalue weighted by molar-refractivity contribution is 0.0928. The molecule has 0 bridgehead atoms. The SMILES string of the molecule is CCNC(=O)c1ccc(-c2ccc(N)cc2F)c2c1C(=O)NC2. The first-order valence-electron chi connectivity index (χ1n) is 7.30. The molecule has 0 aromatic heterocycles. The minimum absolute atomic E-state index is 0.264. The average molecular weight is 313 g/mol. The summed E-state index contributed by atoms with van der Waals surface area (Å²) < 4.78 is 14.2. The number of anilines is 1. The maximum absolute atomic E-state index is 14.2. The van der Waals surface area contributed by atoms with Crippen LogP contribution in [-0.2, 0) is 6.54 Å². The van der Waals surface area contributed by atoms with Crippen LogP contribution in [0.3, 0.4) is 0 Å². The molecule has 0 radical (unpaired) electrons. The van der Waals surface area contributed by atoms with Gasteiger partial charge < -0.3 is 16.4 Å². The van der Waals surface area contributed by atoms with Crippen LogP contribution in [-0.4, -0.2) is 18.4 Å². The Balaban J connectivity index is 2.18. The number of halogens is 1. The number of carbonyl (C=O) groups excluding carboxylic acids is 2. The number of hydrogen-bond acceptors (Lipinski definition) is 3. The van der Waals surface area contributed by atoms with Gasteiger partial charge in [0, 0.05) is 24.3 Å². The van der Waals surface area contributed by atoms with Gasteiger partial charge in [0.05, 0.1) is 11.1 Å². The lowest BCUT2D eigenvalue weighted by Crippen LogP contribution is -2.25. The van der Waals surface area contributed by atoms with Gasteiger partial charge in [0.2, 0.25) is 0 Å². The van der Waals surface area contributed by atoms with Gasteiger partial charge in [0.1, 0.15) is 5.82 Å². The van der Waals surface area contributed by atoms with Crippen molar-refractivity contribution in [2.75, 3.05) is 12.3 Å². The number of nitrogen functional groups attached to an aromatic ring is 1. The van der Waals surface area contributed by atoms with Gasteiger partial charge in [-0.15, -0.1) is 0 Å². The van der Waals surface area contributed by atoms with Crippen molar-refractivity contribution < 1.29 is 14.0 Å². The Morgan fingerprint density at radius 3 is 2.74 bits per heavy atom. The predicted molar refractivity (Wildman–Crippen MR) is 85.4 cm³/mol. The van der Waals surface area contributed by atoms with E-state index in [2.05, 4.69) is 10.6 Å². The number of benzene rings is 2. The van der Waals surface area contributed by atoms with Gasteiger partial charge in [-0.2, -0.15) is 0 Å². The molecular formula is C17H16FN3O2. The van der Waals surface area contributed by atoms with E-state index in [0.717, 1.165) is 0 Å². The molecule has 0 aliphatic carbocycles. The fourth-order valence-electron chi connectivity index (χ4n) is 2.79. The van der Waals surface area contributed by atoms with E-state index >= 15 is 0 Å². The molecule has 0 atom stereocenters. The largest absolute Gasteiger partial charge is 0.399 e. The number of amides is 2. The Kier molecular flexibility index (Phi) is 3.73. The lowest BCUT2D eigenvalue weighted by atomic mass is 9.92. The highest BCUT2D eigenvalue weighted by atomic mass is 19.1. The monoisotopic (exact) mass is 313 g/mol. The van der Waals surface area contributed by atoms with Crippen LogP contribution in [0.5, 0.6) is 0 Å². The lowest BCUT2D eigenvalue weighted by Gasteiger charge is -2.12. The molecule has 1 aliphatic rings. The van der Waals surface area contributed by atoms with E-state index in [1.54, 1.807) is 31.2 Å². The maximum Gasteiger partial charge on any atom is 0.252 e. The summed E-state index contributed by atoms with van der Waals surface area (Å²) >= 11 is 0. The summed E-state index contributed by atoms with van der Waals surface area (Å²) in [5, 5.41) is 5.38. The quantitative estimate of drug-likeness (QED) is 0.758. The van der Waals surface area contributed by atoms with E-state index in [0.29, 0.717) is 40.0 Å². The van der Waals surface area contributed by atoms with Crippen molar-refractivity contribution in [2.45, 2.75) is 13.5 Å². The van der Waals surface area contributed by atoms with Gasteiger partial charge in [-0.1, -0.05) is 6.07 Å². The average Bonchev–Trinajstić information content (AvgIpc) is 2.90. The molecule has 0 unspecified atom stereocenters. The highest BCUT2D eigenvalue weighted by Crippen LogP contribution is 2.33. The second-order valence-electron chi connectivity index (χ2n) is 5.30. The highest BCUT2D eigenvalue weighted by Gasteiger charge is 2.28. The van der Waals surface area contributed by atoms with Crippen LogP contribution in [0.2, 0.25) is 0 Å². The van der Waals surface area contributed by atoms with E-state index in [-0.39, 0.29) is 18.4 Å². The van der Waals surface area contributed by atoms with Crippen LogP contribution in [0.4, 0.5) is 10.1 Å². The number of fused-ring (bicyclic) bond motifs is 1. The molecule has 6 heteroatoms. The second-order valence-corrected chi connectivity index (χ2v) is 5.30. The molecule has 2 amide bonds. The van der Waals surface area contributed by atoms with Crippen molar-refractivity contribution in [1.82, 2.24) is 10.6 Å². The number of carbonyl (C=O) groups is 2. The van der Waals surface area contributed by atoms with Crippen LogP contribution in [0, 0.1) is 5.82 Å². The van der Waals surface area contributed by atoms with Gasteiger partial charge in [-0.25, -0.2) is 4.39 Å². The third kappa shape index (κ3) is 2.52. The van der Waals surface area contributed by atoms with E-state index in [4.69, 9.17) is 5.73 Å². The molecule has 2 aromatic rings. The molecule has 2 aromatic carbocycles. The molecule has 0 saturated carbocycles. The molecule has 23 heavy (non-hydrogen) atoms. The second kappa shape index (κ2) is 5.72. The summed E-state index contributed by atoms with van der Waals surface area (Å²) in [6, 6.07) is 7.64. The molecule has 5 nitrogen and oxygen atoms in total. The molecule has 0 spiro atoms. The topological polar surface area (TPSA) is 84.2 Å². The Morgan fingerprint density at radius 1 is 1.30 bits per heavy atom. The minimum Gasteiger partial charge on any atom is -0.399 e. The van der Waals surface area contributed by atoms with E-state index in [1.165, 1.54) is 6.07 Å². The van der Waals surface area contributed by atoms with Crippen molar-refractivity contribution in [3.05, 3.63) is 52.8 Å². The Bertz CT molecular complexity index is 818. The van der Waals surface area contributed by atoms with Crippen LogP contribution in [0.25, 0.3) is 11.1 Å². The Labute approximate surface area is 132 Å². The van der Waals surface area contributed by atoms with E-state index in [9.17, 15) is 14.0 Å². The fourth-order valence-corrected chi connectivity index (χ4v) is 2.79. The zero-order chi connectivity index (χ0) is 16.6. The number of nitrogens with two attached hydrogens (primary N) is 1. The molecule has 4 N–H and O–H groups in total. The first-order chi connectivity index (χ1) is 11.0. The van der Waals surface area contributed by atoms with Gasteiger partial charge >= 0.3 is 0 Å². The van der Waals surface area contributed by atoms with Crippen molar-refractivity contribution >= 4 is 17.5 Å². The van der Waals surface area contributed by atoms with Crippen LogP contribution in [0.15, 0.2) is 30.3 Å². The van der Waals surface area contributed by atoms with Gasteiger partial charge in [0.25, 0.3) is 11.8 Å². The van der Waals surface area contributed by atoms with Crippen LogP contribution in [0.1, 0.15) is 33.2 Å². The molecule has 0 saturated heterocycles. The molecular weight excluding hydrogens is 297 g/mol. The van der Waals surface area contributed by atoms with Crippen LogP contribution >= 0.6 is 0 Å². The third-order valence-electron chi connectivity index (χ3n) is 3.83. The molecule has 1 aliphatic heterocycles. The molecule has 3 rings (SSSR count). The van der Waals surface area contributed by atoms with Crippen molar-refractivity contribution in [3.8, 4) is 11.1 Å². The number of nitrogens with one attached hydrogen (secondary N) is 2. The highest BCUT2D eigenvalue weighted by molar-refractivity contribution is 6.11. The fraction of sp³-hybridized carbons (Fsp3) is 0.176. The predicted octanol–water partition coefficient (Wildman–Crippen LogP) is 2.07. The first-order valence-corrected chi connectivity index (χ1v) is 7.30. The van der Waals surface area contributed by atoms with Crippen LogP contribution < -0.4 is 16.4 Å². The third-order valence-corrected chi connectivity index (χ3v) is 3.83. The number of rotatable bonds is 3. The summed E-state index contributed by atoms with van der Waals surface area (Å²) in [5.74, 6) is -1.10. The maximum atomic E-state index is 14.2. The minimum atomic E-state index is -0.461. The van der Waals surface area contributed by atoms with Gasteiger partial charge in [0.15, 0.2) is 0 Å². The molecule has 118 valence electrons. The molecule has 1 heterocycles.